The lowest BCUT2D eigenvalue weighted by Crippen LogP contribution is -2.32. The van der Waals surface area contributed by atoms with Crippen LogP contribution in [0, 0.1) is 20.8 Å². The first kappa shape index (κ1) is 22.6. The summed E-state index contributed by atoms with van der Waals surface area (Å²) in [4.78, 5) is 30.6. The number of carbonyl (C=O) groups is 2. The van der Waals surface area contributed by atoms with Crippen LogP contribution in [-0.2, 0) is 9.59 Å². The number of nitrogens with one attached hydrogen (secondary N) is 1. The minimum Gasteiger partial charge on any atom is -0.378 e. The molecule has 0 unspecified atom stereocenters. The smallest absolute Gasteiger partial charge is 0.282 e. The Balaban J connectivity index is 1.88. The van der Waals surface area contributed by atoms with Gasteiger partial charge in [0.05, 0.1) is 11.3 Å². The second-order valence-corrected chi connectivity index (χ2v) is 8.87. The van der Waals surface area contributed by atoms with E-state index in [1.165, 1.54) is 4.90 Å². The molecule has 0 fully saturated rings. The fraction of sp³-hybridized carbons (Fsp3) is 0.185. The van der Waals surface area contributed by atoms with Crippen molar-refractivity contribution in [2.75, 3.05) is 29.2 Å². The largest absolute Gasteiger partial charge is 0.378 e. The molecule has 168 valence electrons. The van der Waals surface area contributed by atoms with Gasteiger partial charge >= 0.3 is 0 Å². The quantitative estimate of drug-likeness (QED) is 0.495. The van der Waals surface area contributed by atoms with E-state index in [1.807, 2.05) is 88.3 Å². The highest BCUT2D eigenvalue weighted by Crippen LogP contribution is 2.37. The Labute approximate surface area is 199 Å². The Kier molecular flexibility index (Phi) is 6.00. The molecule has 2 amide bonds. The molecule has 33 heavy (non-hydrogen) atoms. The maximum Gasteiger partial charge on any atom is 0.282 e. The SMILES string of the molecule is Cc1ccc(C2=C(Nc3cccc(Cl)c3C)C(=O)N(c3cccc(N(C)C)c3)C2=O)c(C)c1. The minimum absolute atomic E-state index is 0.243. The van der Waals surface area contributed by atoms with Gasteiger partial charge < -0.3 is 10.2 Å². The number of benzene rings is 3. The highest BCUT2D eigenvalue weighted by Gasteiger charge is 2.41. The maximum absolute atomic E-state index is 13.8. The summed E-state index contributed by atoms with van der Waals surface area (Å²) < 4.78 is 0. The van der Waals surface area contributed by atoms with Gasteiger partial charge in [-0.3, -0.25) is 9.59 Å². The number of rotatable bonds is 5. The standard InChI is InChI=1S/C27H26ClN3O2/c1-16-12-13-21(17(2)14-16)24-25(29-23-11-7-10-22(28)18(23)3)27(33)31(26(24)32)20-9-6-8-19(15-20)30(4)5/h6-15,29H,1-5H3. The molecule has 0 spiro atoms. The third kappa shape index (κ3) is 4.12. The van der Waals surface area contributed by atoms with Gasteiger partial charge in [-0.2, -0.15) is 0 Å². The Hall–Kier alpha value is -3.57. The number of aryl methyl sites for hydroxylation is 2. The van der Waals surface area contributed by atoms with E-state index in [0.717, 1.165) is 27.9 Å². The number of imide groups is 1. The molecule has 0 bridgehead atoms. The first-order chi connectivity index (χ1) is 15.7. The third-order valence-electron chi connectivity index (χ3n) is 5.87. The van der Waals surface area contributed by atoms with E-state index in [4.69, 9.17) is 11.6 Å². The van der Waals surface area contributed by atoms with Crippen molar-refractivity contribution in [3.8, 4) is 0 Å². The second kappa shape index (κ2) is 8.75. The van der Waals surface area contributed by atoms with E-state index in [1.54, 1.807) is 12.1 Å². The molecule has 0 atom stereocenters. The highest BCUT2D eigenvalue weighted by molar-refractivity contribution is 6.46. The molecule has 1 N–H and O–H groups in total. The zero-order valence-corrected chi connectivity index (χ0v) is 20.1. The molecule has 0 radical (unpaired) electrons. The molecule has 0 saturated carbocycles. The van der Waals surface area contributed by atoms with Crippen LogP contribution < -0.4 is 15.1 Å². The molecular formula is C27H26ClN3O2. The molecule has 1 aliphatic heterocycles. The monoisotopic (exact) mass is 459 g/mol. The van der Waals surface area contributed by atoms with E-state index >= 15 is 0 Å². The average molecular weight is 460 g/mol. The number of amides is 2. The molecule has 0 aliphatic carbocycles. The minimum atomic E-state index is -0.398. The van der Waals surface area contributed by atoms with Crippen molar-refractivity contribution in [1.29, 1.82) is 0 Å². The van der Waals surface area contributed by atoms with Gasteiger partial charge in [-0.15, -0.1) is 0 Å². The Morgan fingerprint density at radius 3 is 2.30 bits per heavy atom. The first-order valence-electron chi connectivity index (χ1n) is 10.7. The summed E-state index contributed by atoms with van der Waals surface area (Å²) in [6.45, 7) is 5.83. The molecule has 0 aromatic heterocycles. The fourth-order valence-electron chi connectivity index (χ4n) is 4.01. The summed E-state index contributed by atoms with van der Waals surface area (Å²) in [6, 6.07) is 18.7. The number of hydrogen-bond donors (Lipinski definition) is 1. The maximum atomic E-state index is 13.8. The molecule has 3 aromatic carbocycles. The van der Waals surface area contributed by atoms with Crippen LogP contribution in [0.15, 0.2) is 66.4 Å². The van der Waals surface area contributed by atoms with Gasteiger partial charge in [0.1, 0.15) is 5.70 Å². The highest BCUT2D eigenvalue weighted by atomic mass is 35.5. The van der Waals surface area contributed by atoms with E-state index in [-0.39, 0.29) is 11.6 Å². The predicted octanol–water partition coefficient (Wildman–Crippen LogP) is 5.73. The summed E-state index contributed by atoms with van der Waals surface area (Å²) in [5, 5.41) is 3.81. The summed E-state index contributed by atoms with van der Waals surface area (Å²) >= 11 is 6.31. The lowest BCUT2D eigenvalue weighted by atomic mass is 9.97. The first-order valence-corrected chi connectivity index (χ1v) is 11.1. The fourth-order valence-corrected chi connectivity index (χ4v) is 4.19. The zero-order valence-electron chi connectivity index (χ0n) is 19.4. The summed E-state index contributed by atoms with van der Waals surface area (Å²) in [5.41, 5.74) is 6.25. The van der Waals surface area contributed by atoms with Crippen LogP contribution in [-0.4, -0.2) is 25.9 Å². The van der Waals surface area contributed by atoms with Gasteiger partial charge in [0, 0.05) is 30.5 Å². The van der Waals surface area contributed by atoms with Gasteiger partial charge in [-0.05, 0) is 67.8 Å². The van der Waals surface area contributed by atoms with Crippen molar-refractivity contribution in [2.45, 2.75) is 20.8 Å². The zero-order chi connectivity index (χ0) is 23.9. The molecule has 1 aliphatic rings. The third-order valence-corrected chi connectivity index (χ3v) is 6.28. The number of carbonyl (C=O) groups excluding carboxylic acids is 2. The molecular weight excluding hydrogens is 434 g/mol. The van der Waals surface area contributed by atoms with Crippen LogP contribution in [0.3, 0.4) is 0 Å². The summed E-state index contributed by atoms with van der Waals surface area (Å²) in [7, 11) is 3.84. The van der Waals surface area contributed by atoms with E-state index < -0.39 is 5.91 Å². The second-order valence-electron chi connectivity index (χ2n) is 8.47. The van der Waals surface area contributed by atoms with Crippen LogP contribution in [0.4, 0.5) is 17.1 Å². The van der Waals surface area contributed by atoms with Crippen LogP contribution in [0.25, 0.3) is 5.57 Å². The van der Waals surface area contributed by atoms with Crippen molar-refractivity contribution in [2.24, 2.45) is 0 Å². The van der Waals surface area contributed by atoms with Gasteiger partial charge in [-0.25, -0.2) is 4.90 Å². The molecule has 0 saturated heterocycles. The van der Waals surface area contributed by atoms with Crippen LogP contribution >= 0.6 is 11.6 Å². The topological polar surface area (TPSA) is 52.7 Å². The van der Waals surface area contributed by atoms with Crippen LogP contribution in [0.1, 0.15) is 22.3 Å². The van der Waals surface area contributed by atoms with E-state index in [0.29, 0.717) is 22.0 Å². The summed E-state index contributed by atoms with van der Waals surface area (Å²) in [6.07, 6.45) is 0. The molecule has 1 heterocycles. The van der Waals surface area contributed by atoms with Gasteiger partial charge in [0.15, 0.2) is 0 Å². The lowest BCUT2D eigenvalue weighted by molar-refractivity contribution is -0.120. The van der Waals surface area contributed by atoms with Gasteiger partial charge in [0.25, 0.3) is 11.8 Å². The predicted molar refractivity (Wildman–Crippen MR) is 136 cm³/mol. The molecule has 6 heteroatoms. The summed E-state index contributed by atoms with van der Waals surface area (Å²) in [5.74, 6) is -0.754. The Bertz CT molecular complexity index is 1310. The van der Waals surface area contributed by atoms with Crippen molar-refractivity contribution < 1.29 is 9.59 Å². The van der Waals surface area contributed by atoms with Gasteiger partial charge in [-0.1, -0.05) is 47.5 Å². The van der Waals surface area contributed by atoms with Crippen molar-refractivity contribution in [1.82, 2.24) is 0 Å². The number of anilines is 3. The molecule has 5 nitrogen and oxygen atoms in total. The van der Waals surface area contributed by atoms with Crippen LogP contribution in [0.5, 0.6) is 0 Å². The normalized spacial score (nSPS) is 13.7. The Morgan fingerprint density at radius 2 is 1.61 bits per heavy atom. The van der Waals surface area contributed by atoms with Crippen molar-refractivity contribution >= 4 is 46.1 Å². The van der Waals surface area contributed by atoms with E-state index in [2.05, 4.69) is 5.32 Å². The molecule has 4 rings (SSSR count). The van der Waals surface area contributed by atoms with E-state index in [9.17, 15) is 9.59 Å². The van der Waals surface area contributed by atoms with Crippen molar-refractivity contribution in [3.63, 3.8) is 0 Å². The Morgan fingerprint density at radius 1 is 0.879 bits per heavy atom. The van der Waals surface area contributed by atoms with Gasteiger partial charge in [0.2, 0.25) is 0 Å². The average Bonchev–Trinajstić information content (AvgIpc) is 3.01. The molecule has 3 aromatic rings. The van der Waals surface area contributed by atoms with Crippen molar-refractivity contribution in [3.05, 3.63) is 93.6 Å². The lowest BCUT2D eigenvalue weighted by Gasteiger charge is -2.19. The number of halogens is 1. The van der Waals surface area contributed by atoms with Crippen LogP contribution in [0.2, 0.25) is 5.02 Å². The number of hydrogen-bond acceptors (Lipinski definition) is 4. The number of nitrogens with zero attached hydrogens (tertiary/aromatic N) is 2.